The molecule has 1 heterocycles. The quantitative estimate of drug-likeness (QED) is 0.409. The minimum absolute atomic E-state index is 0. The maximum absolute atomic E-state index is 14.3. The molecular weight excluding hydrogens is 430 g/mol. The number of hydrogen-bond acceptors (Lipinski definition) is 2. The van der Waals surface area contributed by atoms with Gasteiger partial charge in [0.25, 0.3) is 0 Å². The van der Waals surface area contributed by atoms with E-state index in [2.05, 4.69) is 15.2 Å². The summed E-state index contributed by atoms with van der Waals surface area (Å²) in [4.78, 5) is 6.67. The molecular formula is C16H23ClFIN4. The highest BCUT2D eigenvalue weighted by Crippen LogP contribution is 2.32. The van der Waals surface area contributed by atoms with Gasteiger partial charge in [-0.15, -0.1) is 24.0 Å². The zero-order valence-electron chi connectivity index (χ0n) is 13.0. The van der Waals surface area contributed by atoms with Gasteiger partial charge in [0.05, 0.1) is 12.6 Å². The lowest BCUT2D eigenvalue weighted by atomic mass is 10.0. The fraction of sp³-hybridized carbons (Fsp3) is 0.562. The summed E-state index contributed by atoms with van der Waals surface area (Å²) in [7, 11) is 0. The highest BCUT2D eigenvalue weighted by Gasteiger charge is 2.28. The Morgan fingerprint density at radius 2 is 2.09 bits per heavy atom. The van der Waals surface area contributed by atoms with E-state index in [-0.39, 0.29) is 35.8 Å². The van der Waals surface area contributed by atoms with Crippen molar-refractivity contribution in [3.8, 4) is 0 Å². The van der Waals surface area contributed by atoms with Crippen molar-refractivity contribution >= 4 is 41.5 Å². The van der Waals surface area contributed by atoms with Crippen LogP contribution < -0.4 is 11.1 Å². The van der Waals surface area contributed by atoms with Crippen molar-refractivity contribution in [2.75, 3.05) is 19.6 Å². The third-order valence-electron chi connectivity index (χ3n) is 4.28. The Labute approximate surface area is 158 Å². The van der Waals surface area contributed by atoms with Gasteiger partial charge in [0.2, 0.25) is 0 Å². The standard InChI is InChI=1S/C16H22ClFN4.HI/c17-12-4-3-5-13(18)15(12)14(22-8-1-2-9-22)10-20-16(19)21-11-6-7-11;/h3-5,11,14H,1-2,6-10H2,(H3,19,20,21);1H. The predicted molar refractivity (Wildman–Crippen MR) is 103 cm³/mol. The summed E-state index contributed by atoms with van der Waals surface area (Å²) in [5.41, 5.74) is 6.45. The summed E-state index contributed by atoms with van der Waals surface area (Å²) >= 11 is 6.25. The molecule has 0 amide bonds. The summed E-state index contributed by atoms with van der Waals surface area (Å²) in [6, 6.07) is 5.13. The van der Waals surface area contributed by atoms with Gasteiger partial charge in [0.1, 0.15) is 5.82 Å². The van der Waals surface area contributed by atoms with Crippen LogP contribution in [0.1, 0.15) is 37.3 Å². The lowest BCUT2D eigenvalue weighted by molar-refractivity contribution is 0.246. The number of guanidine groups is 1. The summed E-state index contributed by atoms with van der Waals surface area (Å²) in [5, 5.41) is 3.62. The number of likely N-dealkylation sites (tertiary alicyclic amines) is 1. The first-order chi connectivity index (χ1) is 10.6. The number of nitrogens with zero attached hydrogens (tertiary/aromatic N) is 2. The number of nitrogens with one attached hydrogen (secondary N) is 1. The molecule has 3 N–H and O–H groups in total. The van der Waals surface area contributed by atoms with Crippen LogP contribution in [0.4, 0.5) is 4.39 Å². The fourth-order valence-corrected chi connectivity index (χ4v) is 3.23. The molecule has 1 saturated carbocycles. The van der Waals surface area contributed by atoms with Crippen molar-refractivity contribution in [2.45, 2.75) is 37.8 Å². The maximum atomic E-state index is 14.3. The number of rotatable bonds is 5. The van der Waals surface area contributed by atoms with E-state index < -0.39 is 0 Å². The van der Waals surface area contributed by atoms with Crippen LogP contribution in [0.3, 0.4) is 0 Å². The van der Waals surface area contributed by atoms with Gasteiger partial charge in [-0.25, -0.2) is 4.39 Å². The van der Waals surface area contributed by atoms with Crippen LogP contribution in [-0.2, 0) is 0 Å². The van der Waals surface area contributed by atoms with E-state index in [1.54, 1.807) is 12.1 Å². The van der Waals surface area contributed by atoms with Gasteiger partial charge in [-0.2, -0.15) is 0 Å². The lowest BCUT2D eigenvalue weighted by Crippen LogP contribution is -2.35. The van der Waals surface area contributed by atoms with Crippen molar-refractivity contribution in [3.05, 3.63) is 34.6 Å². The second-order valence-corrected chi connectivity index (χ2v) is 6.45. The molecule has 1 saturated heterocycles. The van der Waals surface area contributed by atoms with E-state index in [1.807, 2.05) is 0 Å². The van der Waals surface area contributed by atoms with Crippen LogP contribution in [0.2, 0.25) is 5.02 Å². The summed E-state index contributed by atoms with van der Waals surface area (Å²) < 4.78 is 14.3. The monoisotopic (exact) mass is 452 g/mol. The SMILES string of the molecule is I.NC(=NCC(c1c(F)cccc1Cl)N1CCCC1)NC1CC1. The molecule has 0 radical (unpaired) electrons. The van der Waals surface area contributed by atoms with E-state index >= 15 is 0 Å². The molecule has 7 heteroatoms. The third-order valence-corrected chi connectivity index (χ3v) is 4.61. The summed E-state index contributed by atoms with van der Waals surface area (Å²) in [6.07, 6.45) is 4.54. The molecule has 2 fully saturated rings. The number of nitrogens with two attached hydrogens (primary N) is 1. The smallest absolute Gasteiger partial charge is 0.188 e. The number of aliphatic imine (C=N–C) groups is 1. The average molecular weight is 453 g/mol. The van der Waals surface area contributed by atoms with Gasteiger partial charge >= 0.3 is 0 Å². The molecule has 1 aliphatic heterocycles. The predicted octanol–water partition coefficient (Wildman–Crippen LogP) is 3.30. The zero-order valence-corrected chi connectivity index (χ0v) is 16.1. The molecule has 0 spiro atoms. The van der Waals surface area contributed by atoms with Crippen LogP contribution in [0, 0.1) is 5.82 Å². The van der Waals surface area contributed by atoms with Crippen LogP contribution in [0.15, 0.2) is 23.2 Å². The topological polar surface area (TPSA) is 53.6 Å². The van der Waals surface area contributed by atoms with Gasteiger partial charge in [-0.05, 0) is 50.9 Å². The minimum atomic E-state index is -0.270. The van der Waals surface area contributed by atoms with E-state index in [1.165, 1.54) is 6.07 Å². The van der Waals surface area contributed by atoms with Crippen molar-refractivity contribution < 1.29 is 4.39 Å². The number of hydrogen-bond donors (Lipinski definition) is 2. The molecule has 1 aromatic rings. The van der Waals surface area contributed by atoms with E-state index in [0.717, 1.165) is 38.8 Å². The van der Waals surface area contributed by atoms with Crippen LogP contribution in [0.25, 0.3) is 0 Å². The highest BCUT2D eigenvalue weighted by molar-refractivity contribution is 14.0. The first-order valence-corrected chi connectivity index (χ1v) is 8.27. The average Bonchev–Trinajstić information content (AvgIpc) is 3.13. The molecule has 23 heavy (non-hydrogen) atoms. The molecule has 3 rings (SSSR count). The molecule has 1 unspecified atom stereocenters. The Bertz CT molecular complexity index is 539. The molecule has 1 aromatic carbocycles. The van der Waals surface area contributed by atoms with E-state index in [9.17, 15) is 4.39 Å². The van der Waals surface area contributed by atoms with Crippen molar-refractivity contribution in [3.63, 3.8) is 0 Å². The normalized spacial score (nSPS) is 20.2. The number of halogens is 3. The first kappa shape index (κ1) is 18.7. The van der Waals surface area contributed by atoms with Gasteiger partial charge < -0.3 is 11.1 Å². The summed E-state index contributed by atoms with van der Waals surface area (Å²) in [6.45, 7) is 2.31. The molecule has 1 aliphatic carbocycles. The lowest BCUT2D eigenvalue weighted by Gasteiger charge is -2.27. The Morgan fingerprint density at radius 1 is 1.39 bits per heavy atom. The number of benzene rings is 1. The Kier molecular flexibility index (Phi) is 6.91. The zero-order chi connectivity index (χ0) is 15.5. The molecule has 0 bridgehead atoms. The second kappa shape index (κ2) is 8.48. The Balaban J connectivity index is 0.00000192. The van der Waals surface area contributed by atoms with E-state index in [0.29, 0.717) is 29.1 Å². The Morgan fingerprint density at radius 3 is 2.70 bits per heavy atom. The van der Waals surface area contributed by atoms with Crippen molar-refractivity contribution in [2.24, 2.45) is 10.7 Å². The molecule has 1 atom stereocenters. The minimum Gasteiger partial charge on any atom is -0.370 e. The van der Waals surface area contributed by atoms with Crippen LogP contribution in [-0.4, -0.2) is 36.5 Å². The molecule has 4 nitrogen and oxygen atoms in total. The largest absolute Gasteiger partial charge is 0.370 e. The van der Waals surface area contributed by atoms with Gasteiger partial charge in [-0.3, -0.25) is 9.89 Å². The van der Waals surface area contributed by atoms with E-state index in [4.69, 9.17) is 17.3 Å². The fourth-order valence-electron chi connectivity index (χ4n) is 2.94. The van der Waals surface area contributed by atoms with Crippen molar-refractivity contribution in [1.29, 1.82) is 0 Å². The third kappa shape index (κ3) is 4.93. The Hall–Kier alpha value is -0.600. The van der Waals surface area contributed by atoms with Crippen molar-refractivity contribution in [1.82, 2.24) is 10.2 Å². The first-order valence-electron chi connectivity index (χ1n) is 7.89. The van der Waals surface area contributed by atoms with Gasteiger partial charge in [-0.1, -0.05) is 17.7 Å². The molecule has 0 aromatic heterocycles. The molecule has 2 aliphatic rings. The molecule has 128 valence electrons. The summed E-state index contributed by atoms with van der Waals surface area (Å²) in [5.74, 6) is 0.174. The van der Waals surface area contributed by atoms with Crippen LogP contribution in [0.5, 0.6) is 0 Å². The highest BCUT2D eigenvalue weighted by atomic mass is 127. The van der Waals surface area contributed by atoms with Gasteiger partial charge in [0.15, 0.2) is 5.96 Å². The maximum Gasteiger partial charge on any atom is 0.188 e. The van der Waals surface area contributed by atoms with Crippen LogP contribution >= 0.6 is 35.6 Å². The van der Waals surface area contributed by atoms with Gasteiger partial charge in [0, 0.05) is 16.6 Å². The second-order valence-electron chi connectivity index (χ2n) is 6.04.